The van der Waals surface area contributed by atoms with Gasteiger partial charge in [0.25, 0.3) is 5.69 Å². The van der Waals surface area contributed by atoms with Gasteiger partial charge in [-0.15, -0.1) is 0 Å². The van der Waals surface area contributed by atoms with Crippen molar-refractivity contribution in [2.24, 2.45) is 0 Å². The highest BCUT2D eigenvalue weighted by Gasteiger charge is 2.38. The number of nitro benzene ring substituents is 1. The van der Waals surface area contributed by atoms with Crippen LogP contribution in [0.15, 0.2) is 39.8 Å². The first-order valence-electron chi connectivity index (χ1n) is 8.15. The summed E-state index contributed by atoms with van der Waals surface area (Å²) in [6.07, 6.45) is 3.01. The summed E-state index contributed by atoms with van der Waals surface area (Å²) < 4.78 is 32.6. The standard InChI is InChI=1S/C16H19N3O5S/c1-2-5-13-11-15(17-24-13)16-8-4-9-18(16)25(22,23)14-7-3-6-12(10-14)19(20)21/h3,6-7,10-11,16H,2,4-5,8-9H2,1H3. The highest BCUT2D eigenvalue weighted by molar-refractivity contribution is 7.89. The number of sulfonamides is 1. The fraction of sp³-hybridized carbons (Fsp3) is 0.438. The van der Waals surface area contributed by atoms with Crippen LogP contribution in [0, 0.1) is 10.1 Å². The SMILES string of the molecule is CCCc1cc(C2CCCN2S(=O)(=O)c2cccc([N+](=O)[O-])c2)no1. The molecule has 9 heteroatoms. The summed E-state index contributed by atoms with van der Waals surface area (Å²) in [6, 6.07) is 6.52. The molecule has 3 rings (SSSR count). The van der Waals surface area contributed by atoms with Crippen molar-refractivity contribution < 1.29 is 17.9 Å². The van der Waals surface area contributed by atoms with Crippen LogP contribution in [0.2, 0.25) is 0 Å². The summed E-state index contributed by atoms with van der Waals surface area (Å²) in [5, 5.41) is 15.0. The van der Waals surface area contributed by atoms with Gasteiger partial charge in [-0.3, -0.25) is 10.1 Å². The van der Waals surface area contributed by atoms with E-state index in [1.807, 2.05) is 6.92 Å². The lowest BCUT2D eigenvalue weighted by Crippen LogP contribution is -2.30. The Bertz CT molecular complexity index is 877. The fourth-order valence-corrected chi connectivity index (χ4v) is 4.78. The second-order valence-electron chi connectivity index (χ2n) is 6.00. The third-order valence-electron chi connectivity index (χ3n) is 4.25. The maximum Gasteiger partial charge on any atom is 0.270 e. The molecule has 0 bridgehead atoms. The van der Waals surface area contributed by atoms with Crippen LogP contribution in [0.1, 0.15) is 43.7 Å². The van der Waals surface area contributed by atoms with E-state index in [0.29, 0.717) is 25.1 Å². The zero-order valence-corrected chi connectivity index (χ0v) is 14.6. The molecule has 0 radical (unpaired) electrons. The number of rotatable bonds is 6. The van der Waals surface area contributed by atoms with Gasteiger partial charge in [0, 0.05) is 31.2 Å². The topological polar surface area (TPSA) is 107 Å². The molecule has 0 amide bonds. The van der Waals surface area contributed by atoms with Crippen LogP contribution >= 0.6 is 0 Å². The smallest absolute Gasteiger partial charge is 0.270 e. The molecule has 0 saturated carbocycles. The van der Waals surface area contributed by atoms with Crippen molar-refractivity contribution in [3.8, 4) is 0 Å². The predicted molar refractivity (Wildman–Crippen MR) is 89.5 cm³/mol. The van der Waals surface area contributed by atoms with Gasteiger partial charge < -0.3 is 4.52 Å². The summed E-state index contributed by atoms with van der Waals surface area (Å²) in [7, 11) is -3.85. The van der Waals surface area contributed by atoms with E-state index < -0.39 is 21.0 Å². The number of aryl methyl sites for hydroxylation is 1. The van der Waals surface area contributed by atoms with E-state index in [-0.39, 0.29) is 10.6 Å². The van der Waals surface area contributed by atoms with Crippen molar-refractivity contribution in [3.63, 3.8) is 0 Å². The fourth-order valence-electron chi connectivity index (χ4n) is 3.07. The van der Waals surface area contributed by atoms with Crippen LogP contribution in [0.4, 0.5) is 5.69 Å². The Balaban J connectivity index is 1.92. The maximum absolute atomic E-state index is 13.0. The second-order valence-corrected chi connectivity index (χ2v) is 7.89. The van der Waals surface area contributed by atoms with E-state index in [9.17, 15) is 18.5 Å². The summed E-state index contributed by atoms with van der Waals surface area (Å²) in [5.41, 5.74) is 0.346. The van der Waals surface area contributed by atoms with Gasteiger partial charge >= 0.3 is 0 Å². The molecule has 1 atom stereocenters. The van der Waals surface area contributed by atoms with Crippen LogP contribution < -0.4 is 0 Å². The molecule has 8 nitrogen and oxygen atoms in total. The van der Waals surface area contributed by atoms with Gasteiger partial charge in [0.1, 0.15) is 11.5 Å². The Morgan fingerprint density at radius 2 is 2.20 bits per heavy atom. The highest BCUT2D eigenvalue weighted by Crippen LogP contribution is 2.36. The largest absolute Gasteiger partial charge is 0.361 e. The molecule has 0 spiro atoms. The third kappa shape index (κ3) is 3.42. The Morgan fingerprint density at radius 3 is 2.92 bits per heavy atom. The molecule has 1 unspecified atom stereocenters. The Kier molecular flexibility index (Phi) is 4.87. The van der Waals surface area contributed by atoms with Crippen LogP contribution in [-0.2, 0) is 16.4 Å². The van der Waals surface area contributed by atoms with Crippen LogP contribution in [-0.4, -0.2) is 29.3 Å². The molecule has 0 N–H and O–H groups in total. The van der Waals surface area contributed by atoms with E-state index in [1.165, 1.54) is 22.5 Å². The quantitative estimate of drug-likeness (QED) is 0.575. The molecule has 25 heavy (non-hydrogen) atoms. The Morgan fingerprint density at radius 1 is 1.40 bits per heavy atom. The van der Waals surface area contributed by atoms with E-state index in [4.69, 9.17) is 4.52 Å². The summed E-state index contributed by atoms with van der Waals surface area (Å²) >= 11 is 0. The summed E-state index contributed by atoms with van der Waals surface area (Å²) in [4.78, 5) is 10.2. The first-order valence-corrected chi connectivity index (χ1v) is 9.59. The van der Waals surface area contributed by atoms with E-state index >= 15 is 0 Å². The molecule has 2 heterocycles. The molecule has 2 aromatic rings. The van der Waals surface area contributed by atoms with Crippen molar-refractivity contribution >= 4 is 15.7 Å². The zero-order chi connectivity index (χ0) is 18.0. The number of nitrogens with zero attached hydrogens (tertiary/aromatic N) is 3. The normalized spacial score (nSPS) is 18.5. The molecule has 0 aliphatic carbocycles. The molecular weight excluding hydrogens is 346 g/mol. The van der Waals surface area contributed by atoms with E-state index in [0.717, 1.165) is 24.7 Å². The second kappa shape index (κ2) is 6.93. The number of aromatic nitrogens is 1. The van der Waals surface area contributed by atoms with Gasteiger partial charge in [-0.05, 0) is 25.3 Å². The van der Waals surface area contributed by atoms with Gasteiger partial charge in [0.05, 0.1) is 15.9 Å². The predicted octanol–water partition coefficient (Wildman–Crippen LogP) is 3.06. The molecule has 1 fully saturated rings. The highest BCUT2D eigenvalue weighted by atomic mass is 32.2. The number of non-ortho nitro benzene ring substituents is 1. The molecule has 1 aromatic heterocycles. The van der Waals surface area contributed by atoms with Gasteiger partial charge in [-0.2, -0.15) is 4.31 Å². The minimum Gasteiger partial charge on any atom is -0.361 e. The summed E-state index contributed by atoms with van der Waals surface area (Å²) in [6.45, 7) is 2.38. The maximum atomic E-state index is 13.0. The lowest BCUT2D eigenvalue weighted by atomic mass is 10.1. The molecule has 1 aliphatic heterocycles. The first kappa shape index (κ1) is 17.6. The number of nitro groups is 1. The Hall–Kier alpha value is -2.26. The van der Waals surface area contributed by atoms with Crippen molar-refractivity contribution in [1.82, 2.24) is 9.46 Å². The van der Waals surface area contributed by atoms with E-state index in [1.54, 1.807) is 6.07 Å². The zero-order valence-electron chi connectivity index (χ0n) is 13.8. The molecule has 134 valence electrons. The lowest BCUT2D eigenvalue weighted by Gasteiger charge is -2.22. The van der Waals surface area contributed by atoms with Crippen molar-refractivity contribution in [2.75, 3.05) is 6.54 Å². The van der Waals surface area contributed by atoms with Crippen molar-refractivity contribution in [2.45, 2.75) is 43.5 Å². The van der Waals surface area contributed by atoms with Crippen LogP contribution in [0.5, 0.6) is 0 Å². The molecule has 1 saturated heterocycles. The van der Waals surface area contributed by atoms with Gasteiger partial charge in [-0.1, -0.05) is 18.1 Å². The monoisotopic (exact) mass is 365 g/mol. The van der Waals surface area contributed by atoms with Crippen LogP contribution in [0.25, 0.3) is 0 Å². The van der Waals surface area contributed by atoms with Crippen molar-refractivity contribution in [1.29, 1.82) is 0 Å². The minimum atomic E-state index is -3.85. The number of hydrogen-bond donors (Lipinski definition) is 0. The Labute approximate surface area is 145 Å². The first-order chi connectivity index (χ1) is 11.9. The van der Waals surface area contributed by atoms with Gasteiger partial charge in [0.2, 0.25) is 10.0 Å². The minimum absolute atomic E-state index is 0.0779. The lowest BCUT2D eigenvalue weighted by molar-refractivity contribution is -0.385. The van der Waals surface area contributed by atoms with Crippen LogP contribution in [0.3, 0.4) is 0 Å². The third-order valence-corrected chi connectivity index (χ3v) is 6.16. The van der Waals surface area contributed by atoms with Gasteiger partial charge in [0.15, 0.2) is 0 Å². The number of hydrogen-bond acceptors (Lipinski definition) is 6. The molecule has 1 aliphatic rings. The molecule has 1 aromatic carbocycles. The van der Waals surface area contributed by atoms with Crippen molar-refractivity contribution in [3.05, 3.63) is 51.9 Å². The average Bonchev–Trinajstić information content (AvgIpc) is 3.24. The average molecular weight is 365 g/mol. The van der Waals surface area contributed by atoms with Gasteiger partial charge in [-0.25, -0.2) is 8.42 Å². The molecular formula is C16H19N3O5S. The van der Waals surface area contributed by atoms with E-state index in [2.05, 4.69) is 5.16 Å². The number of benzene rings is 1. The summed E-state index contributed by atoms with van der Waals surface area (Å²) in [5.74, 6) is 0.733.